The van der Waals surface area contributed by atoms with Crippen molar-refractivity contribution in [3.8, 4) is 0 Å². The second-order valence-electron chi connectivity index (χ2n) is 5.49. The molecule has 0 radical (unpaired) electrons. The van der Waals surface area contributed by atoms with Gasteiger partial charge in [0.15, 0.2) is 0 Å². The maximum Gasteiger partial charge on any atom is 0.324 e. The van der Waals surface area contributed by atoms with Crippen molar-refractivity contribution in [3.63, 3.8) is 0 Å². The molecule has 0 saturated carbocycles. The summed E-state index contributed by atoms with van der Waals surface area (Å²) in [6.45, 7) is 1.00. The number of carbonyl (C=O) groups is 3. The van der Waals surface area contributed by atoms with Gasteiger partial charge < -0.3 is 9.80 Å². The van der Waals surface area contributed by atoms with E-state index >= 15 is 0 Å². The van der Waals surface area contributed by atoms with Crippen LogP contribution in [-0.4, -0.2) is 52.3 Å². The summed E-state index contributed by atoms with van der Waals surface area (Å²) in [4.78, 5) is 43.1. The maximum atomic E-state index is 12.6. The van der Waals surface area contributed by atoms with Crippen LogP contribution < -0.4 is 5.32 Å². The fraction of sp³-hybridized carbons (Fsp3) is 0.571. The third kappa shape index (κ3) is 3.11. The predicted octanol–water partition coefficient (Wildman–Crippen LogP) is 1.14. The lowest BCUT2D eigenvalue weighted by molar-refractivity contribution is -0.136. The van der Waals surface area contributed by atoms with Crippen molar-refractivity contribution in [2.45, 2.75) is 31.7 Å². The van der Waals surface area contributed by atoms with Gasteiger partial charge in [-0.05, 0) is 19.3 Å². The Morgan fingerprint density at radius 1 is 1.36 bits per heavy atom. The molecule has 3 heterocycles. The highest BCUT2D eigenvalue weighted by Crippen LogP contribution is 2.32. The molecule has 2 aliphatic heterocycles. The summed E-state index contributed by atoms with van der Waals surface area (Å²) in [5.41, 5.74) is 0. The minimum atomic E-state index is -0.479. The topological polar surface area (TPSA) is 82.6 Å². The molecule has 0 spiro atoms. The van der Waals surface area contributed by atoms with E-state index in [1.54, 1.807) is 17.5 Å². The Balaban J connectivity index is 1.67. The van der Waals surface area contributed by atoms with Crippen LogP contribution in [0.3, 0.4) is 0 Å². The van der Waals surface area contributed by atoms with Gasteiger partial charge in [-0.15, -0.1) is 11.3 Å². The molecule has 2 aliphatic rings. The normalized spacial score (nSPS) is 22.6. The molecule has 1 atom stereocenters. The van der Waals surface area contributed by atoms with E-state index in [-0.39, 0.29) is 30.8 Å². The van der Waals surface area contributed by atoms with Crippen LogP contribution in [0.15, 0.2) is 11.6 Å². The Labute approximate surface area is 132 Å². The van der Waals surface area contributed by atoms with Crippen molar-refractivity contribution in [2.24, 2.45) is 0 Å². The number of carbonyl (C=O) groups excluding carboxylic acids is 3. The Morgan fingerprint density at radius 2 is 2.23 bits per heavy atom. The lowest BCUT2D eigenvalue weighted by atomic mass is 10.0. The van der Waals surface area contributed by atoms with E-state index in [1.807, 2.05) is 10.3 Å². The number of nitrogens with one attached hydrogen (secondary N) is 1. The molecular formula is C14H18N4O3S. The molecule has 4 amide bonds. The molecule has 22 heavy (non-hydrogen) atoms. The zero-order chi connectivity index (χ0) is 15.5. The number of piperidine rings is 1. The number of hydrogen-bond acceptors (Lipinski definition) is 5. The predicted molar refractivity (Wildman–Crippen MR) is 80.1 cm³/mol. The Bertz CT molecular complexity index is 575. The Hall–Kier alpha value is -1.96. The van der Waals surface area contributed by atoms with Crippen molar-refractivity contribution in [3.05, 3.63) is 16.6 Å². The van der Waals surface area contributed by atoms with Crippen LogP contribution in [0.5, 0.6) is 0 Å². The average Bonchev–Trinajstić information content (AvgIpc) is 3.04. The number of rotatable bonds is 3. The third-order valence-corrected chi connectivity index (χ3v) is 4.90. The van der Waals surface area contributed by atoms with E-state index in [4.69, 9.17) is 0 Å². The molecule has 2 saturated heterocycles. The quantitative estimate of drug-likeness (QED) is 0.904. The molecule has 2 fully saturated rings. The Kier molecular flexibility index (Phi) is 4.37. The van der Waals surface area contributed by atoms with Crippen molar-refractivity contribution in [2.75, 3.05) is 19.6 Å². The highest BCUT2D eigenvalue weighted by Gasteiger charge is 2.32. The van der Waals surface area contributed by atoms with Gasteiger partial charge in [0.2, 0.25) is 11.8 Å². The van der Waals surface area contributed by atoms with Gasteiger partial charge >= 0.3 is 6.03 Å². The van der Waals surface area contributed by atoms with Crippen molar-refractivity contribution in [1.29, 1.82) is 0 Å². The SMILES string of the molecule is O=C1CCN(CC(=O)N2CCCCC2c2nccs2)C(=O)N1. The van der Waals surface area contributed by atoms with E-state index in [9.17, 15) is 14.4 Å². The minimum absolute atomic E-state index is 0.00994. The van der Waals surface area contributed by atoms with E-state index in [0.717, 1.165) is 24.3 Å². The standard InChI is InChI=1S/C14H18N4O3S/c19-11-4-7-17(14(21)16-11)9-12(20)18-6-2-1-3-10(18)13-15-5-8-22-13/h5,8,10H,1-4,6-7,9H2,(H,16,19,21). The second-order valence-corrected chi connectivity index (χ2v) is 6.42. The first kappa shape index (κ1) is 15.0. The molecule has 1 aromatic heterocycles. The van der Waals surface area contributed by atoms with Crippen LogP contribution in [0, 0.1) is 0 Å². The smallest absolute Gasteiger partial charge is 0.324 e. The zero-order valence-electron chi connectivity index (χ0n) is 12.2. The molecule has 3 rings (SSSR count). The first-order chi connectivity index (χ1) is 10.6. The number of aromatic nitrogens is 1. The van der Waals surface area contributed by atoms with Crippen LogP contribution >= 0.6 is 11.3 Å². The number of amides is 4. The highest BCUT2D eigenvalue weighted by atomic mass is 32.1. The molecule has 0 aliphatic carbocycles. The van der Waals surface area contributed by atoms with E-state index in [0.29, 0.717) is 13.1 Å². The molecule has 1 N–H and O–H groups in total. The highest BCUT2D eigenvalue weighted by molar-refractivity contribution is 7.09. The second kappa shape index (κ2) is 6.43. The lowest BCUT2D eigenvalue weighted by Gasteiger charge is -2.36. The maximum absolute atomic E-state index is 12.6. The number of imide groups is 1. The first-order valence-corrected chi connectivity index (χ1v) is 8.31. The number of hydrogen-bond donors (Lipinski definition) is 1. The average molecular weight is 322 g/mol. The Morgan fingerprint density at radius 3 is 2.95 bits per heavy atom. The van der Waals surface area contributed by atoms with Crippen molar-refractivity contribution in [1.82, 2.24) is 20.1 Å². The molecule has 118 valence electrons. The summed E-state index contributed by atoms with van der Waals surface area (Å²) in [5.74, 6) is -0.364. The number of likely N-dealkylation sites (tertiary alicyclic amines) is 1. The minimum Gasteiger partial charge on any atom is -0.332 e. The molecule has 0 bridgehead atoms. The fourth-order valence-electron chi connectivity index (χ4n) is 2.89. The summed E-state index contributed by atoms with van der Waals surface area (Å²) >= 11 is 1.55. The molecular weight excluding hydrogens is 304 g/mol. The monoisotopic (exact) mass is 322 g/mol. The number of nitrogens with zero attached hydrogens (tertiary/aromatic N) is 3. The van der Waals surface area contributed by atoms with E-state index in [2.05, 4.69) is 10.3 Å². The summed E-state index contributed by atoms with van der Waals surface area (Å²) in [6, 6.07) is -0.469. The number of thiazole rings is 1. The van der Waals surface area contributed by atoms with Crippen molar-refractivity contribution >= 4 is 29.2 Å². The lowest BCUT2D eigenvalue weighted by Crippen LogP contribution is -2.53. The molecule has 0 aromatic carbocycles. The first-order valence-electron chi connectivity index (χ1n) is 7.43. The summed E-state index contributed by atoms with van der Waals surface area (Å²) in [5, 5.41) is 5.11. The summed E-state index contributed by atoms with van der Waals surface area (Å²) in [7, 11) is 0. The van der Waals surface area contributed by atoms with Crippen LogP contribution in [-0.2, 0) is 9.59 Å². The van der Waals surface area contributed by atoms with Gasteiger partial charge in [0, 0.05) is 31.1 Å². The molecule has 1 unspecified atom stereocenters. The van der Waals surface area contributed by atoms with Crippen LogP contribution in [0.2, 0.25) is 0 Å². The molecule has 1 aromatic rings. The van der Waals surface area contributed by atoms with Gasteiger partial charge in [-0.25, -0.2) is 9.78 Å². The summed E-state index contributed by atoms with van der Waals surface area (Å²) in [6.07, 6.45) is 4.95. The van der Waals surface area contributed by atoms with Crippen LogP contribution in [0.1, 0.15) is 36.7 Å². The third-order valence-electron chi connectivity index (χ3n) is 4.03. The van der Waals surface area contributed by atoms with Gasteiger partial charge in [-0.2, -0.15) is 0 Å². The van der Waals surface area contributed by atoms with Gasteiger partial charge in [-0.1, -0.05) is 0 Å². The fourth-order valence-corrected chi connectivity index (χ4v) is 3.67. The van der Waals surface area contributed by atoms with Gasteiger partial charge in [0.25, 0.3) is 0 Å². The van der Waals surface area contributed by atoms with Gasteiger partial charge in [0.05, 0.1) is 6.04 Å². The largest absolute Gasteiger partial charge is 0.332 e. The van der Waals surface area contributed by atoms with E-state index in [1.165, 1.54) is 4.90 Å². The zero-order valence-corrected chi connectivity index (χ0v) is 13.0. The van der Waals surface area contributed by atoms with E-state index < -0.39 is 6.03 Å². The summed E-state index contributed by atoms with van der Waals surface area (Å²) < 4.78 is 0. The van der Waals surface area contributed by atoms with Gasteiger partial charge in [-0.3, -0.25) is 14.9 Å². The van der Waals surface area contributed by atoms with Crippen LogP contribution in [0.25, 0.3) is 0 Å². The van der Waals surface area contributed by atoms with Gasteiger partial charge in [0.1, 0.15) is 11.6 Å². The molecule has 7 nitrogen and oxygen atoms in total. The number of urea groups is 1. The molecule has 8 heteroatoms. The van der Waals surface area contributed by atoms with Crippen molar-refractivity contribution < 1.29 is 14.4 Å². The van der Waals surface area contributed by atoms with Crippen LogP contribution in [0.4, 0.5) is 4.79 Å².